The van der Waals surface area contributed by atoms with Gasteiger partial charge in [0.05, 0.1) is 12.1 Å². The fraction of sp³-hybridized carbons (Fsp3) is 0.400. The molecule has 2 aliphatic heterocycles. The van der Waals surface area contributed by atoms with Crippen molar-refractivity contribution >= 4 is 23.5 Å². The number of para-hydroxylation sites is 1. The minimum absolute atomic E-state index is 0.0451. The molecule has 2 aliphatic rings. The van der Waals surface area contributed by atoms with Crippen molar-refractivity contribution in [2.24, 2.45) is 5.92 Å². The summed E-state index contributed by atoms with van der Waals surface area (Å²) in [6, 6.07) is 16.2. The number of nitrogens with zero attached hydrogens (tertiary/aromatic N) is 2. The van der Waals surface area contributed by atoms with Crippen LogP contribution in [0.1, 0.15) is 30.1 Å². The third kappa shape index (κ3) is 5.17. The first-order valence-electron chi connectivity index (χ1n) is 11.1. The lowest BCUT2D eigenvalue weighted by molar-refractivity contribution is -0.145. The second-order valence-corrected chi connectivity index (χ2v) is 8.69. The van der Waals surface area contributed by atoms with E-state index in [2.05, 4.69) is 6.92 Å². The van der Waals surface area contributed by atoms with Gasteiger partial charge in [0.15, 0.2) is 6.61 Å². The number of benzene rings is 2. The summed E-state index contributed by atoms with van der Waals surface area (Å²) < 4.78 is 11.2. The molecule has 8 nitrogen and oxygen atoms in total. The van der Waals surface area contributed by atoms with E-state index in [1.165, 1.54) is 0 Å². The second-order valence-electron chi connectivity index (χ2n) is 8.69. The van der Waals surface area contributed by atoms with Gasteiger partial charge in [-0.1, -0.05) is 24.3 Å². The van der Waals surface area contributed by atoms with Gasteiger partial charge in [0.1, 0.15) is 12.4 Å². The summed E-state index contributed by atoms with van der Waals surface area (Å²) >= 11 is 0. The predicted molar refractivity (Wildman–Crippen MR) is 121 cm³/mol. The van der Waals surface area contributed by atoms with Crippen LogP contribution in [0.3, 0.4) is 0 Å². The maximum atomic E-state index is 13.0. The quantitative estimate of drug-likeness (QED) is 0.724. The van der Waals surface area contributed by atoms with E-state index >= 15 is 0 Å². The minimum Gasteiger partial charge on any atom is -0.482 e. The summed E-state index contributed by atoms with van der Waals surface area (Å²) in [6.45, 7) is 3.31. The highest BCUT2D eigenvalue weighted by atomic mass is 16.5. The number of likely N-dealkylation sites (tertiary alicyclic amines) is 1. The number of carbonyl (C=O) groups is 3. The number of carboxylic acids is 1. The minimum atomic E-state index is -1.07. The Bertz CT molecular complexity index is 1020. The first-order chi connectivity index (χ1) is 15.9. The zero-order valence-electron chi connectivity index (χ0n) is 18.6. The molecule has 33 heavy (non-hydrogen) atoms. The Kier molecular flexibility index (Phi) is 6.65. The molecule has 2 aromatic rings. The molecule has 0 aromatic heterocycles. The first-order valence-corrected chi connectivity index (χ1v) is 11.1. The summed E-state index contributed by atoms with van der Waals surface area (Å²) in [5.74, 6) is -0.654. The molecule has 174 valence electrons. The molecule has 2 saturated heterocycles. The number of aliphatic carboxylic acids is 1. The third-order valence-corrected chi connectivity index (χ3v) is 6.46. The van der Waals surface area contributed by atoms with E-state index in [0.717, 1.165) is 18.5 Å². The number of piperidine rings is 1. The number of hydrogen-bond donors (Lipinski definition) is 1. The first kappa shape index (κ1) is 22.8. The Balaban J connectivity index is 1.38. The molecule has 0 radical (unpaired) electrons. The van der Waals surface area contributed by atoms with Crippen LogP contribution < -0.4 is 9.64 Å². The molecule has 2 fully saturated rings. The highest BCUT2D eigenvalue weighted by Gasteiger charge is 2.44. The van der Waals surface area contributed by atoms with E-state index in [1.807, 2.05) is 30.3 Å². The number of ether oxygens (including phenoxy) is 2. The SMILES string of the molecule is C[C@@]1(C2CCN(C(=O)c3cccc(OCC(=O)O)c3)CC2)CN(c2ccccc2)C(=O)CO1. The average Bonchev–Trinajstić information content (AvgIpc) is 2.85. The number of hydrogen-bond acceptors (Lipinski definition) is 5. The Hall–Kier alpha value is -3.39. The molecule has 8 heteroatoms. The lowest BCUT2D eigenvalue weighted by Crippen LogP contribution is -2.58. The highest BCUT2D eigenvalue weighted by molar-refractivity contribution is 5.95. The molecule has 0 bridgehead atoms. The zero-order valence-corrected chi connectivity index (χ0v) is 18.6. The molecule has 0 saturated carbocycles. The number of anilines is 1. The van der Waals surface area contributed by atoms with Gasteiger partial charge in [-0.05, 0) is 56.0 Å². The molecule has 2 aromatic carbocycles. The number of rotatable bonds is 6. The van der Waals surface area contributed by atoms with Gasteiger partial charge in [0.2, 0.25) is 0 Å². The number of carbonyl (C=O) groups excluding carboxylic acids is 2. The van der Waals surface area contributed by atoms with Gasteiger partial charge in [-0.15, -0.1) is 0 Å². The van der Waals surface area contributed by atoms with Crippen molar-refractivity contribution in [3.05, 3.63) is 60.2 Å². The summed E-state index contributed by atoms with van der Waals surface area (Å²) in [7, 11) is 0. The van der Waals surface area contributed by atoms with Crippen molar-refractivity contribution in [2.75, 3.05) is 37.7 Å². The molecular formula is C25H28N2O6. The van der Waals surface area contributed by atoms with Crippen LogP contribution in [0, 0.1) is 5.92 Å². The Morgan fingerprint density at radius 3 is 2.55 bits per heavy atom. The fourth-order valence-electron chi connectivity index (χ4n) is 4.58. The molecule has 1 atom stereocenters. The Labute approximate surface area is 192 Å². The predicted octanol–water partition coefficient (Wildman–Crippen LogP) is 2.82. The molecule has 2 heterocycles. The van der Waals surface area contributed by atoms with Gasteiger partial charge < -0.3 is 24.4 Å². The van der Waals surface area contributed by atoms with Crippen molar-refractivity contribution in [3.8, 4) is 5.75 Å². The van der Waals surface area contributed by atoms with Gasteiger partial charge in [0.25, 0.3) is 11.8 Å². The smallest absolute Gasteiger partial charge is 0.341 e. The lowest BCUT2D eigenvalue weighted by Gasteiger charge is -2.47. The normalized spacial score (nSPS) is 21.7. The summed E-state index contributed by atoms with van der Waals surface area (Å²) in [5.41, 5.74) is 0.857. The van der Waals surface area contributed by atoms with E-state index in [-0.39, 0.29) is 24.3 Å². The molecule has 2 amide bonds. The van der Waals surface area contributed by atoms with Gasteiger partial charge in [0, 0.05) is 24.3 Å². The standard InChI is InChI=1S/C25H28N2O6/c1-25(17-27(22(28)15-33-25)20-7-3-2-4-8-20)19-10-12-26(13-11-19)24(31)18-6-5-9-21(14-18)32-16-23(29)30/h2-9,14,19H,10-13,15-17H2,1H3,(H,29,30)/t25-/m0/s1. The largest absolute Gasteiger partial charge is 0.482 e. The molecule has 0 unspecified atom stereocenters. The van der Waals surface area contributed by atoms with Crippen molar-refractivity contribution in [2.45, 2.75) is 25.4 Å². The Morgan fingerprint density at radius 1 is 1.12 bits per heavy atom. The van der Waals surface area contributed by atoms with Gasteiger partial charge in [-0.2, -0.15) is 0 Å². The highest BCUT2D eigenvalue weighted by Crippen LogP contribution is 2.36. The van der Waals surface area contributed by atoms with Crippen molar-refractivity contribution in [1.29, 1.82) is 0 Å². The summed E-state index contributed by atoms with van der Waals surface area (Å²) in [4.78, 5) is 39.8. The molecule has 0 aliphatic carbocycles. The molecule has 4 rings (SSSR count). The van der Waals surface area contributed by atoms with Crippen LogP contribution in [0.2, 0.25) is 0 Å². The maximum absolute atomic E-state index is 13.0. The van der Waals surface area contributed by atoms with E-state index in [4.69, 9.17) is 14.6 Å². The van der Waals surface area contributed by atoms with E-state index < -0.39 is 18.2 Å². The van der Waals surface area contributed by atoms with Crippen molar-refractivity contribution in [1.82, 2.24) is 4.90 Å². The zero-order chi connectivity index (χ0) is 23.4. The van der Waals surface area contributed by atoms with Crippen LogP contribution in [0.5, 0.6) is 5.75 Å². The summed E-state index contributed by atoms with van der Waals surface area (Å²) in [5, 5.41) is 8.77. The molecule has 1 N–H and O–H groups in total. The van der Waals surface area contributed by atoms with Crippen LogP contribution >= 0.6 is 0 Å². The monoisotopic (exact) mass is 452 g/mol. The van der Waals surface area contributed by atoms with Crippen LogP contribution in [-0.2, 0) is 14.3 Å². The number of morpholine rings is 1. The maximum Gasteiger partial charge on any atom is 0.341 e. The van der Waals surface area contributed by atoms with Crippen LogP contribution in [0.15, 0.2) is 54.6 Å². The molecular weight excluding hydrogens is 424 g/mol. The van der Waals surface area contributed by atoms with Crippen LogP contribution in [-0.4, -0.2) is 66.2 Å². The molecule has 0 spiro atoms. The third-order valence-electron chi connectivity index (χ3n) is 6.46. The van der Waals surface area contributed by atoms with E-state index in [9.17, 15) is 14.4 Å². The summed E-state index contributed by atoms with van der Waals surface area (Å²) in [6.07, 6.45) is 1.54. The van der Waals surface area contributed by atoms with Crippen molar-refractivity contribution in [3.63, 3.8) is 0 Å². The average molecular weight is 453 g/mol. The van der Waals surface area contributed by atoms with Gasteiger partial charge in [-0.25, -0.2) is 4.79 Å². The fourth-order valence-corrected chi connectivity index (χ4v) is 4.58. The topological polar surface area (TPSA) is 96.4 Å². The lowest BCUT2D eigenvalue weighted by atomic mass is 9.80. The van der Waals surface area contributed by atoms with Crippen LogP contribution in [0.25, 0.3) is 0 Å². The number of carboxylic acid groups (broad SMARTS) is 1. The number of amides is 2. The van der Waals surface area contributed by atoms with Gasteiger partial charge >= 0.3 is 5.97 Å². The Morgan fingerprint density at radius 2 is 1.85 bits per heavy atom. The van der Waals surface area contributed by atoms with E-state index in [1.54, 1.807) is 34.1 Å². The van der Waals surface area contributed by atoms with Gasteiger partial charge in [-0.3, -0.25) is 9.59 Å². The van der Waals surface area contributed by atoms with Crippen molar-refractivity contribution < 1.29 is 29.0 Å². The van der Waals surface area contributed by atoms with E-state index in [0.29, 0.717) is 30.9 Å². The second kappa shape index (κ2) is 9.62. The van der Waals surface area contributed by atoms with Crippen LogP contribution in [0.4, 0.5) is 5.69 Å².